The first-order valence-electron chi connectivity index (χ1n) is 9.52. The minimum atomic E-state index is -3.51. The molecule has 1 aliphatic rings. The average Bonchev–Trinajstić information content (AvgIpc) is 2.72. The van der Waals surface area contributed by atoms with Gasteiger partial charge in [-0.15, -0.1) is 0 Å². The number of likely N-dealkylation sites (N-methyl/N-ethyl adjacent to an activating group) is 1. The lowest BCUT2D eigenvalue weighted by molar-refractivity contribution is -0.120. The Labute approximate surface area is 170 Å². The van der Waals surface area contributed by atoms with Crippen LogP contribution < -0.4 is 9.64 Å². The largest absolute Gasteiger partial charge is 0.484 e. The maximum atomic E-state index is 13.0. The van der Waals surface area contributed by atoms with Crippen molar-refractivity contribution in [2.24, 2.45) is 5.92 Å². The minimum absolute atomic E-state index is 0.217. The number of carbonyl (C=O) groups is 1. The van der Waals surface area contributed by atoms with Crippen molar-refractivity contribution in [3.8, 4) is 5.75 Å². The first-order chi connectivity index (χ1) is 13.8. The van der Waals surface area contributed by atoms with Gasteiger partial charge in [0.15, 0.2) is 6.61 Å². The molecule has 1 fully saturated rings. The van der Waals surface area contributed by atoms with E-state index in [0.29, 0.717) is 30.4 Å². The van der Waals surface area contributed by atoms with E-state index in [1.165, 1.54) is 45.6 Å². The lowest BCUT2D eigenvalue weighted by atomic mass is 10.0. The summed E-state index contributed by atoms with van der Waals surface area (Å²) in [7, 11) is -1.94. The van der Waals surface area contributed by atoms with Crippen LogP contribution in [0.2, 0.25) is 0 Å². The Hall–Kier alpha value is -2.45. The summed E-state index contributed by atoms with van der Waals surface area (Å²) in [6.07, 6.45) is 1.73. The van der Waals surface area contributed by atoms with Gasteiger partial charge < -0.3 is 9.64 Å². The number of hydrogen-bond donors (Lipinski definition) is 0. The summed E-state index contributed by atoms with van der Waals surface area (Å²) in [6.45, 7) is 2.98. The zero-order chi connectivity index (χ0) is 21.0. The fraction of sp³-hybridized carbons (Fsp3) is 0.381. The number of halogens is 1. The van der Waals surface area contributed by atoms with Gasteiger partial charge in [-0.3, -0.25) is 4.79 Å². The molecule has 0 spiro atoms. The Balaban J connectivity index is 1.59. The van der Waals surface area contributed by atoms with Gasteiger partial charge in [-0.1, -0.05) is 6.92 Å². The lowest BCUT2D eigenvalue weighted by Crippen LogP contribution is -2.37. The third-order valence-electron chi connectivity index (χ3n) is 5.15. The Bertz CT molecular complexity index is 938. The molecule has 156 valence electrons. The van der Waals surface area contributed by atoms with Crippen molar-refractivity contribution in [2.45, 2.75) is 24.7 Å². The Kier molecular flexibility index (Phi) is 6.54. The second-order valence-electron chi connectivity index (χ2n) is 7.28. The Morgan fingerprint density at radius 2 is 1.69 bits per heavy atom. The van der Waals surface area contributed by atoms with E-state index in [1.807, 2.05) is 0 Å². The van der Waals surface area contributed by atoms with Crippen LogP contribution in [0.3, 0.4) is 0 Å². The number of benzene rings is 2. The maximum Gasteiger partial charge on any atom is 0.264 e. The number of nitrogens with zero attached hydrogens (tertiary/aromatic N) is 2. The molecule has 0 N–H and O–H groups in total. The van der Waals surface area contributed by atoms with Gasteiger partial charge in [0.25, 0.3) is 5.91 Å². The fourth-order valence-corrected chi connectivity index (χ4v) is 4.60. The van der Waals surface area contributed by atoms with Crippen LogP contribution in [-0.4, -0.2) is 45.4 Å². The van der Waals surface area contributed by atoms with E-state index in [4.69, 9.17) is 4.74 Å². The second-order valence-corrected chi connectivity index (χ2v) is 9.21. The molecular weight excluding hydrogens is 395 g/mol. The number of sulfonamides is 1. The van der Waals surface area contributed by atoms with Gasteiger partial charge in [0.2, 0.25) is 10.0 Å². The average molecular weight is 421 g/mol. The number of ether oxygens (including phenoxy) is 1. The SMILES string of the molecule is CC1CCN(S(=O)(=O)c2ccc(OCC(=O)N(C)c3ccc(F)cc3)cc2)CC1. The maximum absolute atomic E-state index is 13.0. The van der Waals surface area contributed by atoms with E-state index in [-0.39, 0.29) is 23.2 Å². The van der Waals surface area contributed by atoms with E-state index < -0.39 is 10.0 Å². The normalized spacial score (nSPS) is 15.8. The van der Waals surface area contributed by atoms with Gasteiger partial charge in [0.1, 0.15) is 11.6 Å². The molecule has 0 aromatic heterocycles. The molecule has 0 aliphatic carbocycles. The first kappa shape index (κ1) is 21.3. The van der Waals surface area contributed by atoms with E-state index in [0.717, 1.165) is 12.8 Å². The summed E-state index contributed by atoms with van der Waals surface area (Å²) in [5, 5.41) is 0. The molecule has 6 nitrogen and oxygen atoms in total. The highest BCUT2D eigenvalue weighted by molar-refractivity contribution is 7.89. The molecular formula is C21H25FN2O4S. The smallest absolute Gasteiger partial charge is 0.264 e. The van der Waals surface area contributed by atoms with Crippen LogP contribution in [0.4, 0.5) is 10.1 Å². The van der Waals surface area contributed by atoms with Crippen LogP contribution in [0.25, 0.3) is 0 Å². The molecule has 1 heterocycles. The molecule has 2 aromatic rings. The quantitative estimate of drug-likeness (QED) is 0.719. The monoisotopic (exact) mass is 420 g/mol. The van der Waals surface area contributed by atoms with Crippen LogP contribution in [-0.2, 0) is 14.8 Å². The van der Waals surface area contributed by atoms with E-state index in [9.17, 15) is 17.6 Å². The van der Waals surface area contributed by atoms with Gasteiger partial charge in [-0.25, -0.2) is 12.8 Å². The molecule has 29 heavy (non-hydrogen) atoms. The molecule has 1 aliphatic heterocycles. The van der Waals surface area contributed by atoms with Gasteiger partial charge in [-0.2, -0.15) is 4.31 Å². The summed E-state index contributed by atoms with van der Waals surface area (Å²) in [4.78, 5) is 13.9. The molecule has 0 radical (unpaired) electrons. The van der Waals surface area contributed by atoms with Crippen LogP contribution in [0.5, 0.6) is 5.75 Å². The number of piperidine rings is 1. The van der Waals surface area contributed by atoms with Gasteiger partial charge in [0.05, 0.1) is 4.90 Å². The molecule has 0 bridgehead atoms. The summed E-state index contributed by atoms with van der Waals surface area (Å²) >= 11 is 0. The zero-order valence-electron chi connectivity index (χ0n) is 16.5. The molecule has 1 amide bonds. The summed E-state index contributed by atoms with van der Waals surface area (Å²) in [5.74, 6) is 0.260. The number of carbonyl (C=O) groups excluding carboxylic acids is 1. The Morgan fingerprint density at radius 1 is 1.10 bits per heavy atom. The molecule has 3 rings (SSSR count). The number of hydrogen-bond acceptors (Lipinski definition) is 4. The van der Waals surface area contributed by atoms with Crippen molar-refractivity contribution in [3.05, 3.63) is 54.3 Å². The van der Waals surface area contributed by atoms with Crippen LogP contribution >= 0.6 is 0 Å². The molecule has 8 heteroatoms. The van der Waals surface area contributed by atoms with Crippen molar-refractivity contribution in [3.63, 3.8) is 0 Å². The molecule has 2 aromatic carbocycles. The van der Waals surface area contributed by atoms with E-state index in [2.05, 4.69) is 6.92 Å². The first-order valence-corrected chi connectivity index (χ1v) is 11.0. The van der Waals surface area contributed by atoms with Crippen molar-refractivity contribution >= 4 is 21.6 Å². The highest BCUT2D eigenvalue weighted by atomic mass is 32.2. The lowest BCUT2D eigenvalue weighted by Gasteiger charge is -2.29. The number of anilines is 1. The van der Waals surface area contributed by atoms with Crippen LogP contribution in [0.15, 0.2) is 53.4 Å². The van der Waals surface area contributed by atoms with Crippen LogP contribution in [0.1, 0.15) is 19.8 Å². The summed E-state index contributed by atoms with van der Waals surface area (Å²) in [6, 6.07) is 11.7. The topological polar surface area (TPSA) is 66.9 Å². The minimum Gasteiger partial charge on any atom is -0.484 e. The fourth-order valence-electron chi connectivity index (χ4n) is 3.13. The third kappa shape index (κ3) is 5.13. The summed E-state index contributed by atoms with van der Waals surface area (Å²) < 4.78 is 45.5. The van der Waals surface area contributed by atoms with Crippen molar-refractivity contribution in [1.29, 1.82) is 0 Å². The van der Waals surface area contributed by atoms with Gasteiger partial charge in [0, 0.05) is 25.8 Å². The van der Waals surface area contributed by atoms with Crippen molar-refractivity contribution in [2.75, 3.05) is 31.6 Å². The molecule has 0 unspecified atom stereocenters. The van der Waals surface area contributed by atoms with Crippen molar-refractivity contribution in [1.82, 2.24) is 4.31 Å². The van der Waals surface area contributed by atoms with Gasteiger partial charge >= 0.3 is 0 Å². The number of amides is 1. The predicted octanol–water partition coefficient (Wildman–Crippen LogP) is 3.29. The van der Waals surface area contributed by atoms with Crippen LogP contribution in [0, 0.1) is 11.7 Å². The highest BCUT2D eigenvalue weighted by Crippen LogP contribution is 2.25. The van der Waals surface area contributed by atoms with Gasteiger partial charge in [-0.05, 0) is 67.3 Å². The molecule has 1 saturated heterocycles. The Morgan fingerprint density at radius 3 is 2.28 bits per heavy atom. The highest BCUT2D eigenvalue weighted by Gasteiger charge is 2.28. The third-order valence-corrected chi connectivity index (χ3v) is 7.07. The second kappa shape index (κ2) is 8.92. The van der Waals surface area contributed by atoms with Crippen molar-refractivity contribution < 1.29 is 22.3 Å². The summed E-state index contributed by atoms with van der Waals surface area (Å²) in [5.41, 5.74) is 0.553. The van der Waals surface area contributed by atoms with E-state index >= 15 is 0 Å². The standard InChI is InChI=1S/C21H25FN2O4S/c1-16-11-13-24(14-12-16)29(26,27)20-9-7-19(8-10-20)28-15-21(25)23(2)18-5-3-17(22)4-6-18/h3-10,16H,11-15H2,1-2H3. The van der Waals surface area contributed by atoms with E-state index in [1.54, 1.807) is 19.2 Å². The molecule has 0 saturated carbocycles. The predicted molar refractivity (Wildman–Crippen MR) is 109 cm³/mol. The number of rotatable bonds is 6. The molecule has 0 atom stereocenters. The zero-order valence-corrected chi connectivity index (χ0v) is 17.4.